The van der Waals surface area contributed by atoms with Crippen LogP contribution in [0.2, 0.25) is 5.02 Å². The van der Waals surface area contributed by atoms with Crippen LogP contribution in [-0.2, 0) is 20.4 Å². The van der Waals surface area contributed by atoms with Crippen LogP contribution in [0, 0.1) is 0 Å². The molecule has 0 amide bonds. The van der Waals surface area contributed by atoms with E-state index >= 15 is 0 Å². The number of nitrogens with zero attached hydrogens (tertiary/aromatic N) is 4. The predicted octanol–water partition coefficient (Wildman–Crippen LogP) is 6.23. The van der Waals surface area contributed by atoms with Crippen LogP contribution in [0.5, 0.6) is 0 Å². The zero-order chi connectivity index (χ0) is 29.9. The number of hydrazone groups is 1. The molecule has 0 N–H and O–H groups in total. The third-order valence-corrected chi connectivity index (χ3v) is 6.74. The highest BCUT2D eigenvalue weighted by Gasteiger charge is 2.39. The van der Waals surface area contributed by atoms with Gasteiger partial charge in [0.05, 0.1) is 19.4 Å². The first kappa shape index (κ1) is 28.7. The van der Waals surface area contributed by atoms with Crippen molar-refractivity contribution in [3.8, 4) is 0 Å². The molecule has 0 bridgehead atoms. The molecular weight excluding hydrogens is 573 g/mol. The molecule has 12 heteroatoms. The molecule has 0 saturated heterocycles. The second kappa shape index (κ2) is 12.0. The summed E-state index contributed by atoms with van der Waals surface area (Å²) in [7, 11) is 1.12. The van der Waals surface area contributed by atoms with Crippen LogP contribution in [0.4, 0.5) is 19.0 Å². The Morgan fingerprint density at radius 2 is 1.62 bits per heavy atom. The molecule has 42 heavy (non-hydrogen) atoms. The van der Waals surface area contributed by atoms with E-state index in [-0.39, 0.29) is 6.54 Å². The van der Waals surface area contributed by atoms with Gasteiger partial charge in [0.1, 0.15) is 5.56 Å². The van der Waals surface area contributed by atoms with Crippen LogP contribution in [0.15, 0.2) is 96.2 Å². The van der Waals surface area contributed by atoms with Crippen molar-refractivity contribution < 1.29 is 32.2 Å². The standard InChI is InChI=1S/C30H22ClF3N4O4/c1-41-28(40)25(20-10-6-3-7-11-20)42-27(39)22-16-35-29(30(32,33)34)36-26(22)38-17-23(18-8-4-2-5-9-18)24(37-38)19-12-14-21(31)15-13-19/h2-16,23,25H,17H2,1H3/t23?,25-/m0/s1. The van der Waals surface area contributed by atoms with Crippen LogP contribution in [-0.4, -0.2) is 41.3 Å². The molecule has 5 rings (SSSR count). The Labute approximate surface area is 243 Å². The Balaban J connectivity index is 1.59. The number of anilines is 1. The molecule has 0 radical (unpaired) electrons. The van der Waals surface area contributed by atoms with Gasteiger partial charge in [-0.3, -0.25) is 0 Å². The summed E-state index contributed by atoms with van der Waals surface area (Å²) in [6.07, 6.45) is -5.67. The first-order valence-electron chi connectivity index (χ1n) is 12.6. The molecule has 3 aromatic carbocycles. The van der Waals surface area contributed by atoms with Gasteiger partial charge in [-0.05, 0) is 23.3 Å². The van der Waals surface area contributed by atoms with E-state index in [0.717, 1.165) is 18.9 Å². The zero-order valence-corrected chi connectivity index (χ0v) is 22.7. The Hall–Kier alpha value is -4.77. The van der Waals surface area contributed by atoms with Crippen LogP contribution in [0.1, 0.15) is 44.9 Å². The average molecular weight is 595 g/mol. The van der Waals surface area contributed by atoms with E-state index < -0.39 is 47.3 Å². The van der Waals surface area contributed by atoms with Gasteiger partial charge in [0.2, 0.25) is 11.9 Å². The summed E-state index contributed by atoms with van der Waals surface area (Å²) in [4.78, 5) is 33.0. The molecule has 1 aliphatic rings. The number of esters is 2. The Bertz CT molecular complexity index is 1620. The largest absolute Gasteiger partial charge is 0.466 e. The number of aromatic nitrogens is 2. The van der Waals surface area contributed by atoms with Crippen LogP contribution in [0.3, 0.4) is 0 Å². The molecular formula is C30H22ClF3N4O4. The molecule has 0 saturated carbocycles. The van der Waals surface area contributed by atoms with Gasteiger partial charge < -0.3 is 9.47 Å². The normalized spacial score (nSPS) is 15.6. The highest BCUT2D eigenvalue weighted by Crippen LogP contribution is 2.35. The van der Waals surface area contributed by atoms with Gasteiger partial charge in [0, 0.05) is 22.7 Å². The number of benzene rings is 3. The lowest BCUT2D eigenvalue weighted by Crippen LogP contribution is -2.26. The second-order valence-corrected chi connectivity index (χ2v) is 9.62. The van der Waals surface area contributed by atoms with Crippen molar-refractivity contribution in [1.82, 2.24) is 9.97 Å². The van der Waals surface area contributed by atoms with E-state index in [2.05, 4.69) is 15.1 Å². The first-order chi connectivity index (χ1) is 20.2. The average Bonchev–Trinajstić information content (AvgIpc) is 3.45. The maximum Gasteiger partial charge on any atom is 0.451 e. The van der Waals surface area contributed by atoms with Crippen molar-refractivity contribution in [3.63, 3.8) is 0 Å². The lowest BCUT2D eigenvalue weighted by atomic mass is 9.91. The molecule has 1 unspecified atom stereocenters. The molecule has 214 valence electrons. The van der Waals surface area contributed by atoms with Crippen molar-refractivity contribution in [1.29, 1.82) is 0 Å². The van der Waals surface area contributed by atoms with Gasteiger partial charge in [0.15, 0.2) is 5.82 Å². The molecule has 1 aromatic heterocycles. The summed E-state index contributed by atoms with van der Waals surface area (Å²) in [5.41, 5.74) is 1.94. The fourth-order valence-electron chi connectivity index (χ4n) is 4.47. The van der Waals surface area contributed by atoms with Crippen LogP contribution < -0.4 is 5.01 Å². The molecule has 0 spiro atoms. The third-order valence-electron chi connectivity index (χ3n) is 6.49. The summed E-state index contributed by atoms with van der Waals surface area (Å²) in [5.74, 6) is -4.30. The van der Waals surface area contributed by atoms with Crippen LogP contribution >= 0.6 is 11.6 Å². The number of methoxy groups -OCH3 is 1. The van der Waals surface area contributed by atoms with E-state index in [0.29, 0.717) is 21.9 Å². The van der Waals surface area contributed by atoms with Gasteiger partial charge in [-0.25, -0.2) is 24.6 Å². The maximum absolute atomic E-state index is 13.7. The number of alkyl halides is 3. The zero-order valence-electron chi connectivity index (χ0n) is 22.0. The quantitative estimate of drug-likeness (QED) is 0.234. The van der Waals surface area contributed by atoms with E-state index in [1.807, 2.05) is 30.3 Å². The monoisotopic (exact) mass is 594 g/mol. The summed E-state index contributed by atoms with van der Waals surface area (Å²) in [6.45, 7) is 0.0513. The van der Waals surface area contributed by atoms with E-state index in [9.17, 15) is 22.8 Å². The minimum Gasteiger partial charge on any atom is -0.466 e. The number of carbonyl (C=O) groups excluding carboxylic acids is 2. The van der Waals surface area contributed by atoms with Gasteiger partial charge in [-0.2, -0.15) is 18.3 Å². The smallest absolute Gasteiger partial charge is 0.451 e. The van der Waals surface area contributed by atoms with Crippen molar-refractivity contribution in [2.75, 3.05) is 18.7 Å². The topological polar surface area (TPSA) is 94.0 Å². The number of ether oxygens (including phenoxy) is 2. The van der Waals surface area contributed by atoms with Gasteiger partial charge in [0.25, 0.3) is 0 Å². The number of rotatable bonds is 7. The lowest BCUT2D eigenvalue weighted by Gasteiger charge is -2.20. The van der Waals surface area contributed by atoms with Gasteiger partial charge in [-0.1, -0.05) is 84.4 Å². The van der Waals surface area contributed by atoms with E-state index in [4.69, 9.17) is 21.1 Å². The summed E-state index contributed by atoms with van der Waals surface area (Å²) in [5, 5.41) is 6.33. The van der Waals surface area contributed by atoms with Crippen molar-refractivity contribution in [2.24, 2.45) is 5.10 Å². The van der Waals surface area contributed by atoms with E-state index in [1.54, 1.807) is 54.6 Å². The SMILES string of the molecule is COC(=O)[C@@H](OC(=O)c1cnc(C(F)(F)F)nc1N1CC(c2ccccc2)C(c2ccc(Cl)cc2)=N1)c1ccccc1. The molecule has 2 heterocycles. The Kier molecular flexibility index (Phi) is 8.21. The Morgan fingerprint density at radius 1 is 0.976 bits per heavy atom. The second-order valence-electron chi connectivity index (χ2n) is 9.19. The number of hydrogen-bond acceptors (Lipinski definition) is 8. The highest BCUT2D eigenvalue weighted by molar-refractivity contribution is 6.30. The summed E-state index contributed by atoms with van der Waals surface area (Å²) < 4.78 is 51.4. The highest BCUT2D eigenvalue weighted by atomic mass is 35.5. The molecule has 0 aliphatic carbocycles. The third kappa shape index (κ3) is 6.10. The van der Waals surface area contributed by atoms with Gasteiger partial charge >= 0.3 is 18.1 Å². The fourth-order valence-corrected chi connectivity index (χ4v) is 4.60. The first-order valence-corrected chi connectivity index (χ1v) is 13.0. The van der Waals surface area contributed by atoms with Gasteiger partial charge in [-0.15, -0.1) is 0 Å². The van der Waals surface area contributed by atoms with Crippen molar-refractivity contribution >= 4 is 35.1 Å². The lowest BCUT2D eigenvalue weighted by molar-refractivity contribution is -0.151. The molecule has 8 nitrogen and oxygen atoms in total. The fraction of sp³-hybridized carbons (Fsp3) is 0.167. The Morgan fingerprint density at radius 3 is 2.24 bits per heavy atom. The van der Waals surface area contributed by atoms with Crippen molar-refractivity contribution in [3.05, 3.63) is 124 Å². The number of carbonyl (C=O) groups is 2. The summed E-state index contributed by atoms with van der Waals surface area (Å²) in [6, 6.07) is 24.2. The molecule has 1 aliphatic heterocycles. The van der Waals surface area contributed by atoms with Crippen molar-refractivity contribution in [2.45, 2.75) is 18.2 Å². The summed E-state index contributed by atoms with van der Waals surface area (Å²) >= 11 is 6.07. The molecule has 2 atom stereocenters. The molecule has 0 fully saturated rings. The van der Waals surface area contributed by atoms with E-state index in [1.165, 1.54) is 5.01 Å². The number of halogens is 4. The minimum atomic E-state index is -4.91. The van der Waals surface area contributed by atoms with Crippen LogP contribution in [0.25, 0.3) is 0 Å². The number of hydrogen-bond donors (Lipinski definition) is 0. The maximum atomic E-state index is 13.7. The predicted molar refractivity (Wildman–Crippen MR) is 148 cm³/mol. The molecule has 4 aromatic rings. The minimum absolute atomic E-state index is 0.0513.